The van der Waals surface area contributed by atoms with Crippen molar-refractivity contribution in [2.75, 3.05) is 0 Å². The second-order valence-electron chi connectivity index (χ2n) is 4.80. The maximum atomic E-state index is 9.65. The van der Waals surface area contributed by atoms with Crippen molar-refractivity contribution in [1.82, 2.24) is 0 Å². The predicted octanol–water partition coefficient (Wildman–Crippen LogP) is 3.86. The monoisotopic (exact) mass is 224 g/mol. The first kappa shape index (κ1) is 10.4. The van der Waals surface area contributed by atoms with Crippen molar-refractivity contribution >= 4 is 0 Å². The molecule has 1 heteroatoms. The van der Waals surface area contributed by atoms with Crippen LogP contribution in [0.3, 0.4) is 0 Å². The van der Waals surface area contributed by atoms with Gasteiger partial charge in [-0.15, -0.1) is 0 Å². The van der Waals surface area contributed by atoms with Crippen LogP contribution in [0.25, 0.3) is 11.1 Å². The third-order valence-electron chi connectivity index (χ3n) is 3.66. The highest BCUT2D eigenvalue weighted by molar-refractivity contribution is 5.73. The SMILES string of the molecule is Cc1ccc(O)cc1-c1cccc2c1CCC2. The molecule has 0 saturated heterocycles. The summed E-state index contributed by atoms with van der Waals surface area (Å²) in [5, 5.41) is 9.65. The Morgan fingerprint density at radius 3 is 2.76 bits per heavy atom. The number of aromatic hydroxyl groups is 1. The van der Waals surface area contributed by atoms with Crippen LogP contribution in [0.2, 0.25) is 0 Å². The largest absolute Gasteiger partial charge is 0.508 e. The Morgan fingerprint density at radius 1 is 1.00 bits per heavy atom. The van der Waals surface area contributed by atoms with E-state index in [1.54, 1.807) is 6.07 Å². The summed E-state index contributed by atoms with van der Waals surface area (Å²) in [6.45, 7) is 2.10. The van der Waals surface area contributed by atoms with Crippen molar-refractivity contribution in [2.45, 2.75) is 26.2 Å². The standard InChI is InChI=1S/C16H16O/c1-11-8-9-13(17)10-16(11)15-7-3-5-12-4-2-6-14(12)15/h3,5,7-10,17H,2,4,6H2,1H3. The van der Waals surface area contributed by atoms with E-state index in [1.807, 2.05) is 12.1 Å². The number of aryl methyl sites for hydroxylation is 2. The van der Waals surface area contributed by atoms with E-state index < -0.39 is 0 Å². The summed E-state index contributed by atoms with van der Waals surface area (Å²) in [5.74, 6) is 0.348. The zero-order chi connectivity index (χ0) is 11.8. The highest BCUT2D eigenvalue weighted by Gasteiger charge is 2.16. The molecule has 0 bridgehead atoms. The van der Waals surface area contributed by atoms with Crippen LogP contribution in [0, 0.1) is 6.92 Å². The number of rotatable bonds is 1. The molecule has 2 aromatic rings. The molecule has 0 aromatic heterocycles. The van der Waals surface area contributed by atoms with Gasteiger partial charge in [0.1, 0.15) is 5.75 Å². The topological polar surface area (TPSA) is 20.2 Å². The van der Waals surface area contributed by atoms with Crippen molar-refractivity contribution in [2.24, 2.45) is 0 Å². The molecule has 0 spiro atoms. The number of benzene rings is 2. The Kier molecular flexibility index (Phi) is 2.40. The van der Waals surface area contributed by atoms with Crippen molar-refractivity contribution in [3.8, 4) is 16.9 Å². The lowest BCUT2D eigenvalue weighted by Gasteiger charge is -2.11. The minimum atomic E-state index is 0.348. The van der Waals surface area contributed by atoms with Crippen molar-refractivity contribution < 1.29 is 5.11 Å². The minimum Gasteiger partial charge on any atom is -0.508 e. The van der Waals surface area contributed by atoms with E-state index >= 15 is 0 Å². The quantitative estimate of drug-likeness (QED) is 0.780. The van der Waals surface area contributed by atoms with Crippen LogP contribution in [0.5, 0.6) is 5.75 Å². The summed E-state index contributed by atoms with van der Waals surface area (Å²) in [6, 6.07) is 12.1. The molecule has 1 N–H and O–H groups in total. The maximum Gasteiger partial charge on any atom is 0.116 e. The third kappa shape index (κ3) is 1.72. The van der Waals surface area contributed by atoms with Gasteiger partial charge in [-0.05, 0) is 66.1 Å². The Labute approximate surface area is 102 Å². The van der Waals surface area contributed by atoms with Crippen LogP contribution in [0.15, 0.2) is 36.4 Å². The highest BCUT2D eigenvalue weighted by atomic mass is 16.3. The third-order valence-corrected chi connectivity index (χ3v) is 3.66. The zero-order valence-corrected chi connectivity index (χ0v) is 10.0. The van der Waals surface area contributed by atoms with Crippen LogP contribution in [-0.4, -0.2) is 5.11 Å². The fraction of sp³-hybridized carbons (Fsp3) is 0.250. The molecule has 3 rings (SSSR count). The Bertz CT molecular complexity index is 570. The summed E-state index contributed by atoms with van der Waals surface area (Å²) < 4.78 is 0. The lowest BCUT2D eigenvalue weighted by atomic mass is 9.94. The van der Waals surface area contributed by atoms with E-state index in [-0.39, 0.29) is 0 Å². The lowest BCUT2D eigenvalue weighted by molar-refractivity contribution is 0.475. The summed E-state index contributed by atoms with van der Waals surface area (Å²) in [5.41, 5.74) is 6.65. The average molecular weight is 224 g/mol. The Hall–Kier alpha value is -1.76. The molecule has 0 radical (unpaired) electrons. The molecular weight excluding hydrogens is 208 g/mol. The van der Waals surface area contributed by atoms with Gasteiger partial charge in [0.15, 0.2) is 0 Å². The van der Waals surface area contributed by atoms with Gasteiger partial charge in [0.05, 0.1) is 0 Å². The summed E-state index contributed by atoms with van der Waals surface area (Å²) in [4.78, 5) is 0. The van der Waals surface area contributed by atoms with Crippen molar-refractivity contribution in [3.05, 3.63) is 53.1 Å². The first-order chi connectivity index (χ1) is 8.25. The number of fused-ring (bicyclic) bond motifs is 1. The maximum absolute atomic E-state index is 9.65. The van der Waals surface area contributed by atoms with Crippen LogP contribution < -0.4 is 0 Å². The normalized spacial score (nSPS) is 13.7. The summed E-state index contributed by atoms with van der Waals surface area (Å²) in [6.07, 6.45) is 3.62. The van der Waals surface area contributed by atoms with E-state index in [2.05, 4.69) is 25.1 Å². The van der Waals surface area contributed by atoms with Gasteiger partial charge in [-0.25, -0.2) is 0 Å². The highest BCUT2D eigenvalue weighted by Crippen LogP contribution is 2.35. The molecule has 17 heavy (non-hydrogen) atoms. The van der Waals surface area contributed by atoms with Gasteiger partial charge < -0.3 is 5.11 Å². The molecule has 2 aromatic carbocycles. The zero-order valence-electron chi connectivity index (χ0n) is 10.0. The van der Waals surface area contributed by atoms with E-state index in [9.17, 15) is 5.11 Å². The van der Waals surface area contributed by atoms with Gasteiger partial charge in [-0.3, -0.25) is 0 Å². The molecule has 1 aliphatic rings. The van der Waals surface area contributed by atoms with E-state index in [0.29, 0.717) is 5.75 Å². The first-order valence-electron chi connectivity index (χ1n) is 6.16. The van der Waals surface area contributed by atoms with Gasteiger partial charge in [-0.2, -0.15) is 0 Å². The average Bonchev–Trinajstić information content (AvgIpc) is 2.80. The van der Waals surface area contributed by atoms with Gasteiger partial charge in [0, 0.05) is 0 Å². The smallest absolute Gasteiger partial charge is 0.116 e. The minimum absolute atomic E-state index is 0.348. The number of hydrogen-bond donors (Lipinski definition) is 1. The molecule has 1 nitrogen and oxygen atoms in total. The van der Waals surface area contributed by atoms with E-state index in [0.717, 1.165) is 0 Å². The van der Waals surface area contributed by atoms with Gasteiger partial charge >= 0.3 is 0 Å². The number of phenolic OH excluding ortho intramolecular Hbond substituents is 1. The Morgan fingerprint density at radius 2 is 1.88 bits per heavy atom. The number of phenols is 1. The molecule has 0 saturated carbocycles. The summed E-state index contributed by atoms with van der Waals surface area (Å²) >= 11 is 0. The molecule has 0 atom stereocenters. The Balaban J connectivity index is 2.22. The van der Waals surface area contributed by atoms with Crippen LogP contribution in [0.4, 0.5) is 0 Å². The molecule has 1 aliphatic carbocycles. The first-order valence-corrected chi connectivity index (χ1v) is 6.16. The van der Waals surface area contributed by atoms with Crippen LogP contribution >= 0.6 is 0 Å². The summed E-state index contributed by atoms with van der Waals surface area (Å²) in [7, 11) is 0. The lowest BCUT2D eigenvalue weighted by Crippen LogP contribution is -1.90. The fourth-order valence-corrected chi connectivity index (χ4v) is 2.77. The molecule has 86 valence electrons. The van der Waals surface area contributed by atoms with Crippen LogP contribution in [0.1, 0.15) is 23.1 Å². The molecule has 0 aliphatic heterocycles. The van der Waals surface area contributed by atoms with Crippen molar-refractivity contribution in [1.29, 1.82) is 0 Å². The van der Waals surface area contributed by atoms with Gasteiger partial charge in [-0.1, -0.05) is 24.3 Å². The van der Waals surface area contributed by atoms with Gasteiger partial charge in [0.25, 0.3) is 0 Å². The fourth-order valence-electron chi connectivity index (χ4n) is 2.77. The molecule has 0 heterocycles. The van der Waals surface area contributed by atoms with Crippen LogP contribution in [-0.2, 0) is 12.8 Å². The van der Waals surface area contributed by atoms with Crippen molar-refractivity contribution in [3.63, 3.8) is 0 Å². The second kappa shape index (κ2) is 3.92. The molecule has 0 unspecified atom stereocenters. The van der Waals surface area contributed by atoms with E-state index in [1.165, 1.54) is 47.1 Å². The second-order valence-corrected chi connectivity index (χ2v) is 4.80. The molecule has 0 amide bonds. The van der Waals surface area contributed by atoms with Gasteiger partial charge in [0.2, 0.25) is 0 Å². The molecule has 0 fully saturated rings. The number of hydrogen-bond acceptors (Lipinski definition) is 1. The predicted molar refractivity (Wildman–Crippen MR) is 70.3 cm³/mol. The molecular formula is C16H16O. The van der Waals surface area contributed by atoms with E-state index in [4.69, 9.17) is 0 Å².